The Hall–Kier alpha value is -3.10. The van der Waals surface area contributed by atoms with Gasteiger partial charge in [0.05, 0.1) is 10.6 Å². The number of benzene rings is 1. The zero-order chi connectivity index (χ0) is 16.4. The molecule has 9 heteroatoms. The Balaban J connectivity index is 2.21. The maximum atomic E-state index is 11.9. The average Bonchev–Trinajstić information content (AvgIpc) is 2.51. The van der Waals surface area contributed by atoms with Gasteiger partial charge in [0.2, 0.25) is 11.8 Å². The summed E-state index contributed by atoms with van der Waals surface area (Å²) in [6, 6.07) is 4.61. The van der Waals surface area contributed by atoms with E-state index in [1.807, 2.05) is 0 Å². The summed E-state index contributed by atoms with van der Waals surface area (Å²) in [5.41, 5.74) is 0.266. The monoisotopic (exact) mass is 304 g/mol. The molecule has 1 aromatic rings. The lowest BCUT2D eigenvalue weighted by atomic mass is 10.1. The first-order valence-electron chi connectivity index (χ1n) is 6.20. The Kier molecular flexibility index (Phi) is 3.97. The molecule has 1 aromatic carbocycles. The molecule has 0 N–H and O–H groups in total. The zero-order valence-corrected chi connectivity index (χ0v) is 11.8. The number of urea groups is 1. The van der Waals surface area contributed by atoms with Gasteiger partial charge in [-0.3, -0.25) is 34.5 Å². The fraction of sp³-hybridized carbons (Fsp3) is 0.231. The lowest BCUT2D eigenvalue weighted by Crippen LogP contribution is -2.57. The second-order valence-corrected chi connectivity index (χ2v) is 4.61. The molecule has 0 aromatic heterocycles. The summed E-state index contributed by atoms with van der Waals surface area (Å²) >= 11 is 0. The van der Waals surface area contributed by atoms with Crippen molar-refractivity contribution < 1.29 is 19.3 Å². The highest BCUT2D eigenvalue weighted by Gasteiger charge is 2.41. The Morgan fingerprint density at radius 1 is 1.09 bits per heavy atom. The second-order valence-electron chi connectivity index (χ2n) is 4.61. The van der Waals surface area contributed by atoms with Crippen LogP contribution in [0.15, 0.2) is 29.3 Å². The first-order chi connectivity index (χ1) is 10.3. The summed E-state index contributed by atoms with van der Waals surface area (Å²) in [6.45, 7) is 0. The number of carbonyl (C=O) groups is 3. The molecule has 2 rings (SSSR count). The van der Waals surface area contributed by atoms with Crippen molar-refractivity contribution in [2.75, 3.05) is 14.1 Å². The molecule has 1 aliphatic heterocycles. The molecule has 0 saturated carbocycles. The number of barbiturate groups is 1. The predicted octanol–water partition coefficient (Wildman–Crippen LogP) is 0.964. The van der Waals surface area contributed by atoms with Gasteiger partial charge in [-0.05, 0) is 12.1 Å². The van der Waals surface area contributed by atoms with Gasteiger partial charge in [0.25, 0.3) is 5.69 Å². The van der Waals surface area contributed by atoms with E-state index >= 15 is 0 Å². The number of imide groups is 2. The highest BCUT2D eigenvalue weighted by Crippen LogP contribution is 2.19. The minimum atomic E-state index is -1.19. The third kappa shape index (κ3) is 2.68. The van der Waals surface area contributed by atoms with Crippen LogP contribution in [0, 0.1) is 16.0 Å². The van der Waals surface area contributed by atoms with E-state index in [1.165, 1.54) is 38.4 Å². The molecule has 0 bridgehead atoms. The van der Waals surface area contributed by atoms with E-state index in [0.717, 1.165) is 16.0 Å². The number of carbonyl (C=O) groups excluding carboxylic acids is 3. The largest absolute Gasteiger partial charge is 0.332 e. The lowest BCUT2D eigenvalue weighted by Gasteiger charge is -2.31. The Bertz CT molecular complexity index is 658. The SMILES string of the molecule is CN1C(=O)C(C=Nc2ccc([N+](=O)[O-])cc2)C(=O)N(C)C1=O. The zero-order valence-electron chi connectivity index (χ0n) is 11.8. The maximum absolute atomic E-state index is 11.9. The van der Waals surface area contributed by atoms with E-state index < -0.39 is 28.7 Å². The summed E-state index contributed by atoms with van der Waals surface area (Å²) in [4.78, 5) is 51.1. The van der Waals surface area contributed by atoms with Crippen molar-refractivity contribution in [1.29, 1.82) is 0 Å². The molecule has 9 nitrogen and oxygen atoms in total. The highest BCUT2D eigenvalue weighted by atomic mass is 16.6. The molecule has 1 heterocycles. The van der Waals surface area contributed by atoms with Gasteiger partial charge in [-0.25, -0.2) is 4.79 Å². The number of amides is 4. The van der Waals surface area contributed by atoms with Crippen molar-refractivity contribution >= 4 is 35.4 Å². The molecule has 0 radical (unpaired) electrons. The van der Waals surface area contributed by atoms with E-state index in [4.69, 9.17) is 0 Å². The number of hydrogen-bond donors (Lipinski definition) is 0. The molecule has 0 spiro atoms. The molecule has 22 heavy (non-hydrogen) atoms. The van der Waals surface area contributed by atoms with Crippen LogP contribution in [0.1, 0.15) is 0 Å². The van der Waals surface area contributed by atoms with Crippen LogP contribution in [0.4, 0.5) is 16.2 Å². The van der Waals surface area contributed by atoms with Gasteiger partial charge in [-0.1, -0.05) is 0 Å². The molecule has 0 aliphatic carbocycles. The minimum absolute atomic E-state index is 0.0890. The fourth-order valence-electron chi connectivity index (χ4n) is 1.88. The quantitative estimate of drug-likeness (QED) is 0.357. The number of nitrogens with zero attached hydrogens (tertiary/aromatic N) is 4. The molecule has 0 unspecified atom stereocenters. The van der Waals surface area contributed by atoms with Crippen LogP contribution in [0.25, 0.3) is 0 Å². The number of nitro groups is 1. The van der Waals surface area contributed by atoms with Crippen LogP contribution in [0.5, 0.6) is 0 Å². The summed E-state index contributed by atoms with van der Waals surface area (Å²) in [7, 11) is 2.56. The number of rotatable bonds is 3. The van der Waals surface area contributed by atoms with Gasteiger partial charge >= 0.3 is 6.03 Å². The molecule has 4 amide bonds. The van der Waals surface area contributed by atoms with E-state index in [-0.39, 0.29) is 5.69 Å². The van der Waals surface area contributed by atoms with Gasteiger partial charge in [0, 0.05) is 32.4 Å². The van der Waals surface area contributed by atoms with Crippen LogP contribution >= 0.6 is 0 Å². The van der Waals surface area contributed by atoms with Crippen molar-refractivity contribution in [3.05, 3.63) is 34.4 Å². The number of hydrogen-bond acceptors (Lipinski definition) is 6. The van der Waals surface area contributed by atoms with Crippen LogP contribution in [-0.4, -0.2) is 52.9 Å². The second kappa shape index (κ2) is 5.72. The minimum Gasteiger partial charge on any atom is -0.273 e. The van der Waals surface area contributed by atoms with Gasteiger partial charge in [0.1, 0.15) is 0 Å². The Labute approximate surface area is 125 Å². The standard InChI is InChI=1S/C13H12N4O5/c1-15-11(18)10(12(19)16(2)13(15)20)7-14-8-3-5-9(6-4-8)17(21)22/h3-7,10H,1-2H3. The van der Waals surface area contributed by atoms with Gasteiger partial charge < -0.3 is 0 Å². The number of nitro benzene ring substituents is 1. The highest BCUT2D eigenvalue weighted by molar-refractivity contribution is 6.23. The van der Waals surface area contributed by atoms with Crippen LogP contribution < -0.4 is 0 Å². The fourth-order valence-corrected chi connectivity index (χ4v) is 1.88. The summed E-state index contributed by atoms with van der Waals surface area (Å²) in [5.74, 6) is -2.53. The van der Waals surface area contributed by atoms with Crippen molar-refractivity contribution in [3.63, 3.8) is 0 Å². The van der Waals surface area contributed by atoms with E-state index in [2.05, 4.69) is 4.99 Å². The first kappa shape index (κ1) is 15.3. The Morgan fingerprint density at radius 2 is 1.59 bits per heavy atom. The molecule has 1 aliphatic rings. The van der Waals surface area contributed by atoms with Crippen molar-refractivity contribution in [1.82, 2.24) is 9.80 Å². The molecular weight excluding hydrogens is 292 g/mol. The van der Waals surface area contributed by atoms with E-state index in [0.29, 0.717) is 5.69 Å². The van der Waals surface area contributed by atoms with Crippen LogP contribution in [0.2, 0.25) is 0 Å². The summed E-state index contributed by atoms with van der Waals surface area (Å²) in [6.07, 6.45) is 1.13. The third-order valence-corrected chi connectivity index (χ3v) is 3.20. The molecule has 1 saturated heterocycles. The number of aliphatic imine (C=N–C) groups is 1. The lowest BCUT2D eigenvalue weighted by molar-refractivity contribution is -0.384. The third-order valence-electron chi connectivity index (χ3n) is 3.20. The predicted molar refractivity (Wildman–Crippen MR) is 75.7 cm³/mol. The topological polar surface area (TPSA) is 113 Å². The molecule has 114 valence electrons. The molecule has 1 fully saturated rings. The first-order valence-corrected chi connectivity index (χ1v) is 6.20. The smallest absolute Gasteiger partial charge is 0.273 e. The van der Waals surface area contributed by atoms with Crippen molar-refractivity contribution in [3.8, 4) is 0 Å². The van der Waals surface area contributed by atoms with Gasteiger partial charge in [-0.15, -0.1) is 0 Å². The van der Waals surface area contributed by atoms with E-state index in [1.54, 1.807) is 0 Å². The van der Waals surface area contributed by atoms with Crippen LogP contribution in [-0.2, 0) is 9.59 Å². The van der Waals surface area contributed by atoms with Gasteiger partial charge in [0.15, 0.2) is 5.92 Å². The number of non-ortho nitro benzene ring substituents is 1. The van der Waals surface area contributed by atoms with Crippen molar-refractivity contribution in [2.24, 2.45) is 10.9 Å². The van der Waals surface area contributed by atoms with Crippen LogP contribution in [0.3, 0.4) is 0 Å². The summed E-state index contributed by atoms with van der Waals surface area (Å²) < 4.78 is 0. The van der Waals surface area contributed by atoms with Gasteiger partial charge in [-0.2, -0.15) is 0 Å². The van der Waals surface area contributed by atoms with Crippen molar-refractivity contribution in [2.45, 2.75) is 0 Å². The normalized spacial score (nSPS) is 16.7. The maximum Gasteiger partial charge on any atom is 0.332 e. The average molecular weight is 304 g/mol. The Morgan fingerprint density at radius 3 is 2.05 bits per heavy atom. The summed E-state index contributed by atoms with van der Waals surface area (Å²) in [5, 5.41) is 10.5. The molecular formula is C13H12N4O5. The molecule has 0 atom stereocenters. The van der Waals surface area contributed by atoms with E-state index in [9.17, 15) is 24.5 Å².